The molecule has 156 valence electrons. The van der Waals surface area contributed by atoms with Gasteiger partial charge in [-0.25, -0.2) is 4.98 Å². The minimum Gasteiger partial charge on any atom is -0.361 e. The third kappa shape index (κ3) is 4.06. The van der Waals surface area contributed by atoms with Gasteiger partial charge in [0.05, 0.1) is 12.0 Å². The molecule has 0 unspecified atom stereocenters. The van der Waals surface area contributed by atoms with Gasteiger partial charge in [-0.3, -0.25) is 9.59 Å². The smallest absolute Gasteiger partial charge is 0.259 e. The van der Waals surface area contributed by atoms with Crippen molar-refractivity contribution in [3.8, 4) is 0 Å². The van der Waals surface area contributed by atoms with Gasteiger partial charge in [0.1, 0.15) is 11.3 Å². The lowest BCUT2D eigenvalue weighted by molar-refractivity contribution is -0.139. The van der Waals surface area contributed by atoms with Crippen LogP contribution >= 0.6 is 0 Å². The molecule has 4 rings (SSSR count). The molecule has 2 fully saturated rings. The molecule has 2 aromatic rings. The minimum absolute atomic E-state index is 0.0141. The van der Waals surface area contributed by atoms with Crippen LogP contribution in [0.5, 0.6) is 0 Å². The van der Waals surface area contributed by atoms with E-state index in [0.29, 0.717) is 23.4 Å². The third-order valence-electron chi connectivity index (χ3n) is 6.51. The van der Waals surface area contributed by atoms with Gasteiger partial charge in [-0.2, -0.15) is 0 Å². The largest absolute Gasteiger partial charge is 0.361 e. The van der Waals surface area contributed by atoms with Crippen LogP contribution in [0.2, 0.25) is 0 Å². The predicted octanol–water partition coefficient (Wildman–Crippen LogP) is 2.42. The van der Waals surface area contributed by atoms with Crippen molar-refractivity contribution in [2.75, 3.05) is 26.2 Å². The number of hydrogen-bond acceptors (Lipinski definition) is 5. The molecular formula is C21H29N5O3. The standard InChI is InChI=1S/C21H29N5O3/c1-16-19(17(2)29-23-16)20(28)25-11-6-21(7-12-25)5-4-18(27)26(14-21)10-3-9-24-13-8-22-15-24/h8,13,15H,3-7,9-12,14H2,1-2H3. The zero-order valence-electron chi connectivity index (χ0n) is 17.3. The molecule has 1 spiro atoms. The number of carbonyl (C=O) groups is 2. The topological polar surface area (TPSA) is 84.5 Å². The number of nitrogens with zero attached hydrogens (tertiary/aromatic N) is 5. The van der Waals surface area contributed by atoms with Crippen LogP contribution in [0.15, 0.2) is 23.2 Å². The number of hydrogen-bond donors (Lipinski definition) is 0. The molecule has 0 aromatic carbocycles. The normalized spacial score (nSPS) is 19.2. The maximum absolute atomic E-state index is 12.9. The first kappa shape index (κ1) is 19.7. The SMILES string of the molecule is Cc1noc(C)c1C(=O)N1CCC2(CCC(=O)N(CCCn3ccnc3)C2)CC1. The summed E-state index contributed by atoms with van der Waals surface area (Å²) < 4.78 is 7.20. The fourth-order valence-corrected chi connectivity index (χ4v) is 4.71. The summed E-state index contributed by atoms with van der Waals surface area (Å²) in [6.45, 7) is 7.50. The van der Waals surface area contributed by atoms with Crippen LogP contribution in [0, 0.1) is 19.3 Å². The molecule has 2 aliphatic rings. The number of piperidine rings is 2. The number of aryl methyl sites for hydroxylation is 3. The lowest BCUT2D eigenvalue weighted by Crippen LogP contribution is -2.52. The zero-order valence-corrected chi connectivity index (χ0v) is 17.3. The predicted molar refractivity (Wildman–Crippen MR) is 106 cm³/mol. The van der Waals surface area contributed by atoms with Crippen LogP contribution < -0.4 is 0 Å². The van der Waals surface area contributed by atoms with E-state index in [2.05, 4.69) is 10.1 Å². The van der Waals surface area contributed by atoms with Crippen molar-refractivity contribution < 1.29 is 14.1 Å². The highest BCUT2D eigenvalue weighted by Gasteiger charge is 2.42. The molecule has 0 aliphatic carbocycles. The molecule has 0 radical (unpaired) electrons. The van der Waals surface area contributed by atoms with Gasteiger partial charge in [0.2, 0.25) is 5.91 Å². The molecule has 2 saturated heterocycles. The van der Waals surface area contributed by atoms with Crippen LogP contribution in [0.25, 0.3) is 0 Å². The van der Waals surface area contributed by atoms with Crippen molar-refractivity contribution in [1.82, 2.24) is 24.5 Å². The van der Waals surface area contributed by atoms with Crippen molar-refractivity contribution >= 4 is 11.8 Å². The monoisotopic (exact) mass is 399 g/mol. The molecule has 0 N–H and O–H groups in total. The molecule has 0 bridgehead atoms. The third-order valence-corrected chi connectivity index (χ3v) is 6.51. The van der Waals surface area contributed by atoms with Gasteiger partial charge in [-0.1, -0.05) is 5.16 Å². The maximum Gasteiger partial charge on any atom is 0.259 e. The van der Waals surface area contributed by atoms with E-state index in [-0.39, 0.29) is 17.2 Å². The average Bonchev–Trinajstić information content (AvgIpc) is 3.35. The Hall–Kier alpha value is -2.64. The van der Waals surface area contributed by atoms with Crippen molar-refractivity contribution in [2.24, 2.45) is 5.41 Å². The maximum atomic E-state index is 12.9. The first-order chi connectivity index (χ1) is 14.0. The van der Waals surface area contributed by atoms with Gasteiger partial charge < -0.3 is 18.9 Å². The molecule has 8 heteroatoms. The van der Waals surface area contributed by atoms with E-state index in [1.165, 1.54) is 0 Å². The van der Waals surface area contributed by atoms with E-state index < -0.39 is 0 Å². The first-order valence-corrected chi connectivity index (χ1v) is 10.4. The van der Waals surface area contributed by atoms with Crippen molar-refractivity contribution in [3.63, 3.8) is 0 Å². The Kier molecular flexibility index (Phi) is 5.43. The summed E-state index contributed by atoms with van der Waals surface area (Å²) in [6.07, 6.45) is 9.88. The lowest BCUT2D eigenvalue weighted by Gasteiger charge is -2.47. The summed E-state index contributed by atoms with van der Waals surface area (Å²) in [5, 5.41) is 3.91. The Morgan fingerprint density at radius 3 is 2.66 bits per heavy atom. The molecule has 0 atom stereocenters. The van der Waals surface area contributed by atoms with E-state index in [0.717, 1.165) is 58.4 Å². The Labute approximate surface area is 170 Å². The summed E-state index contributed by atoms with van der Waals surface area (Å²) in [5.74, 6) is 0.857. The number of amides is 2. The highest BCUT2D eigenvalue weighted by molar-refractivity contribution is 5.96. The summed E-state index contributed by atoms with van der Waals surface area (Å²) in [6, 6.07) is 0. The Balaban J connectivity index is 1.33. The summed E-state index contributed by atoms with van der Waals surface area (Å²) in [7, 11) is 0. The summed E-state index contributed by atoms with van der Waals surface area (Å²) >= 11 is 0. The van der Waals surface area contributed by atoms with Crippen LogP contribution in [-0.2, 0) is 11.3 Å². The fourth-order valence-electron chi connectivity index (χ4n) is 4.71. The highest BCUT2D eigenvalue weighted by atomic mass is 16.5. The van der Waals surface area contributed by atoms with Gasteiger partial charge in [0.25, 0.3) is 5.91 Å². The van der Waals surface area contributed by atoms with E-state index in [4.69, 9.17) is 4.52 Å². The Morgan fingerprint density at radius 2 is 2.00 bits per heavy atom. The van der Waals surface area contributed by atoms with E-state index in [9.17, 15) is 9.59 Å². The molecule has 8 nitrogen and oxygen atoms in total. The Bertz CT molecular complexity index is 846. The van der Waals surface area contributed by atoms with Gasteiger partial charge >= 0.3 is 0 Å². The molecule has 2 amide bonds. The zero-order chi connectivity index (χ0) is 20.4. The van der Waals surface area contributed by atoms with Crippen LogP contribution in [-0.4, -0.2) is 62.5 Å². The number of carbonyl (C=O) groups excluding carboxylic acids is 2. The lowest BCUT2D eigenvalue weighted by atomic mass is 9.72. The van der Waals surface area contributed by atoms with Gasteiger partial charge in [-0.05, 0) is 44.9 Å². The summed E-state index contributed by atoms with van der Waals surface area (Å²) in [4.78, 5) is 33.3. The second kappa shape index (κ2) is 8.00. The highest BCUT2D eigenvalue weighted by Crippen LogP contribution is 2.40. The molecular weight excluding hydrogens is 370 g/mol. The quantitative estimate of drug-likeness (QED) is 0.771. The van der Waals surface area contributed by atoms with E-state index in [1.54, 1.807) is 13.1 Å². The van der Waals surface area contributed by atoms with Gasteiger partial charge in [-0.15, -0.1) is 0 Å². The summed E-state index contributed by atoms with van der Waals surface area (Å²) in [5.41, 5.74) is 1.39. The minimum atomic E-state index is 0.0141. The average molecular weight is 399 g/mol. The number of likely N-dealkylation sites (tertiary alicyclic amines) is 2. The Morgan fingerprint density at radius 1 is 1.21 bits per heavy atom. The molecule has 29 heavy (non-hydrogen) atoms. The number of imidazole rings is 1. The molecule has 2 aromatic heterocycles. The van der Waals surface area contributed by atoms with Crippen molar-refractivity contribution in [1.29, 1.82) is 0 Å². The van der Waals surface area contributed by atoms with Crippen molar-refractivity contribution in [2.45, 2.75) is 52.5 Å². The van der Waals surface area contributed by atoms with Crippen LogP contribution in [0.1, 0.15) is 53.9 Å². The molecule has 4 heterocycles. The number of aromatic nitrogens is 3. The molecule has 2 aliphatic heterocycles. The van der Waals surface area contributed by atoms with Crippen LogP contribution in [0.4, 0.5) is 0 Å². The van der Waals surface area contributed by atoms with E-state index in [1.807, 2.05) is 33.8 Å². The molecule has 0 saturated carbocycles. The fraction of sp³-hybridized carbons (Fsp3) is 0.619. The second-order valence-electron chi connectivity index (χ2n) is 8.46. The van der Waals surface area contributed by atoms with Gasteiger partial charge in [0.15, 0.2) is 0 Å². The van der Waals surface area contributed by atoms with Crippen molar-refractivity contribution in [3.05, 3.63) is 35.7 Å². The second-order valence-corrected chi connectivity index (χ2v) is 8.46. The van der Waals surface area contributed by atoms with E-state index >= 15 is 0 Å². The number of rotatable bonds is 5. The van der Waals surface area contributed by atoms with Crippen LogP contribution in [0.3, 0.4) is 0 Å². The van der Waals surface area contributed by atoms with Gasteiger partial charge in [0, 0.05) is 51.5 Å². The first-order valence-electron chi connectivity index (χ1n) is 10.4.